The summed E-state index contributed by atoms with van der Waals surface area (Å²) in [6.45, 7) is 11.4. The van der Waals surface area contributed by atoms with Crippen LogP contribution in [0.15, 0.2) is 0 Å². The SMILES string of the molecule is CC1(C)[C@@H]2CC[C@@]1(C[S@@](N)=O)[C@H](O[Si](C)(C)C)C2. The molecule has 2 aliphatic carbocycles. The van der Waals surface area contributed by atoms with Gasteiger partial charge in [-0.1, -0.05) is 13.8 Å². The Morgan fingerprint density at radius 1 is 1.39 bits per heavy atom. The highest BCUT2D eigenvalue weighted by Crippen LogP contribution is 2.66. The van der Waals surface area contributed by atoms with Gasteiger partial charge >= 0.3 is 0 Å². The number of nitrogens with two attached hydrogens (primary N) is 1. The van der Waals surface area contributed by atoms with E-state index in [4.69, 9.17) is 9.56 Å². The van der Waals surface area contributed by atoms with Crippen molar-refractivity contribution in [2.45, 2.75) is 58.9 Å². The van der Waals surface area contributed by atoms with Crippen molar-refractivity contribution in [1.82, 2.24) is 0 Å². The van der Waals surface area contributed by atoms with Gasteiger partial charge in [0.25, 0.3) is 0 Å². The first-order valence-electron chi connectivity index (χ1n) is 6.89. The molecule has 18 heavy (non-hydrogen) atoms. The normalized spacial score (nSPS) is 40.1. The third kappa shape index (κ3) is 2.23. The van der Waals surface area contributed by atoms with E-state index in [2.05, 4.69) is 33.5 Å². The summed E-state index contributed by atoms with van der Waals surface area (Å²) in [6.07, 6.45) is 3.78. The number of hydrogen-bond donors (Lipinski definition) is 1. The van der Waals surface area contributed by atoms with Crippen LogP contribution in [0.5, 0.6) is 0 Å². The first-order chi connectivity index (χ1) is 8.08. The van der Waals surface area contributed by atoms with Gasteiger partial charge < -0.3 is 4.43 Å². The van der Waals surface area contributed by atoms with Crippen molar-refractivity contribution in [2.75, 3.05) is 5.75 Å². The van der Waals surface area contributed by atoms with Crippen LogP contribution in [0, 0.1) is 16.7 Å². The summed E-state index contributed by atoms with van der Waals surface area (Å²) in [4.78, 5) is 0. The Bertz CT molecular complexity index is 366. The smallest absolute Gasteiger partial charge is 0.184 e. The molecule has 0 amide bonds. The highest BCUT2D eigenvalue weighted by molar-refractivity contribution is 7.82. The Labute approximate surface area is 115 Å². The second-order valence-electron chi connectivity index (χ2n) is 7.59. The monoisotopic (exact) mass is 289 g/mol. The van der Waals surface area contributed by atoms with Gasteiger partial charge in [0.2, 0.25) is 0 Å². The zero-order chi connectivity index (χ0) is 13.8. The molecule has 2 bridgehead atoms. The van der Waals surface area contributed by atoms with Gasteiger partial charge in [-0.15, -0.1) is 0 Å². The maximum absolute atomic E-state index is 11.6. The highest BCUT2D eigenvalue weighted by Gasteiger charge is 2.65. The molecule has 0 spiro atoms. The van der Waals surface area contributed by atoms with Crippen LogP contribution in [-0.2, 0) is 15.4 Å². The Balaban J connectivity index is 2.30. The summed E-state index contributed by atoms with van der Waals surface area (Å²) >= 11 is 0. The molecule has 0 aromatic heterocycles. The summed E-state index contributed by atoms with van der Waals surface area (Å²) in [7, 11) is -2.79. The second kappa shape index (κ2) is 4.40. The van der Waals surface area contributed by atoms with Crippen LogP contribution in [0.2, 0.25) is 19.6 Å². The third-order valence-corrected chi connectivity index (χ3v) is 7.04. The zero-order valence-electron chi connectivity index (χ0n) is 12.3. The average Bonchev–Trinajstić information content (AvgIpc) is 2.47. The lowest BCUT2D eigenvalue weighted by Gasteiger charge is -2.43. The van der Waals surface area contributed by atoms with E-state index >= 15 is 0 Å². The van der Waals surface area contributed by atoms with Crippen molar-refractivity contribution in [1.29, 1.82) is 0 Å². The molecular weight excluding hydrogens is 262 g/mol. The van der Waals surface area contributed by atoms with Crippen LogP contribution in [0.25, 0.3) is 0 Å². The van der Waals surface area contributed by atoms with Crippen molar-refractivity contribution in [3.8, 4) is 0 Å². The van der Waals surface area contributed by atoms with Gasteiger partial charge in [0.1, 0.15) is 0 Å². The minimum atomic E-state index is -1.56. The fraction of sp³-hybridized carbons (Fsp3) is 1.00. The van der Waals surface area contributed by atoms with Crippen molar-refractivity contribution >= 4 is 19.3 Å². The lowest BCUT2D eigenvalue weighted by atomic mass is 9.70. The predicted octanol–water partition coefficient (Wildman–Crippen LogP) is 2.66. The van der Waals surface area contributed by atoms with Crippen LogP contribution in [0.1, 0.15) is 33.1 Å². The molecule has 4 atom stereocenters. The second-order valence-corrected chi connectivity index (χ2v) is 13.1. The topological polar surface area (TPSA) is 52.3 Å². The predicted molar refractivity (Wildman–Crippen MR) is 79.0 cm³/mol. The quantitative estimate of drug-likeness (QED) is 0.809. The zero-order valence-corrected chi connectivity index (χ0v) is 14.1. The summed E-state index contributed by atoms with van der Waals surface area (Å²) in [5, 5.41) is 5.63. The Kier molecular flexibility index (Phi) is 3.59. The fourth-order valence-electron chi connectivity index (χ4n) is 4.19. The molecule has 2 saturated carbocycles. The Morgan fingerprint density at radius 3 is 2.44 bits per heavy atom. The van der Waals surface area contributed by atoms with E-state index in [1.165, 1.54) is 6.42 Å². The highest BCUT2D eigenvalue weighted by atomic mass is 32.2. The number of hydrogen-bond acceptors (Lipinski definition) is 2. The van der Waals surface area contributed by atoms with Crippen LogP contribution in [0.4, 0.5) is 0 Å². The van der Waals surface area contributed by atoms with Crippen molar-refractivity contribution < 1.29 is 8.63 Å². The number of fused-ring (bicyclic) bond motifs is 2. The third-order valence-electron chi connectivity index (χ3n) is 5.25. The Morgan fingerprint density at radius 2 is 2.00 bits per heavy atom. The van der Waals surface area contributed by atoms with E-state index in [-0.39, 0.29) is 16.9 Å². The van der Waals surface area contributed by atoms with E-state index in [0.29, 0.717) is 11.7 Å². The van der Waals surface area contributed by atoms with Crippen LogP contribution < -0.4 is 5.14 Å². The van der Waals surface area contributed by atoms with Crippen molar-refractivity contribution in [3.63, 3.8) is 0 Å². The van der Waals surface area contributed by atoms with E-state index < -0.39 is 19.3 Å². The van der Waals surface area contributed by atoms with E-state index in [1.54, 1.807) is 0 Å². The maximum Gasteiger partial charge on any atom is 0.184 e. The maximum atomic E-state index is 11.6. The molecule has 2 fully saturated rings. The molecule has 0 radical (unpaired) electrons. The average molecular weight is 290 g/mol. The summed E-state index contributed by atoms with van der Waals surface area (Å²) in [5.74, 6) is 1.31. The van der Waals surface area contributed by atoms with Gasteiger partial charge in [0, 0.05) is 11.2 Å². The molecule has 0 aromatic rings. The molecule has 0 heterocycles. The molecule has 106 valence electrons. The molecule has 5 heteroatoms. The lowest BCUT2D eigenvalue weighted by molar-refractivity contribution is 0.0287. The van der Waals surface area contributed by atoms with Gasteiger partial charge in [0.15, 0.2) is 8.32 Å². The van der Waals surface area contributed by atoms with Gasteiger partial charge in [-0.25, -0.2) is 4.21 Å². The van der Waals surface area contributed by atoms with E-state index in [1.807, 2.05) is 0 Å². The fourth-order valence-corrected chi connectivity index (χ4v) is 6.57. The molecular formula is C13H27NO2SSi. The summed E-state index contributed by atoms with van der Waals surface area (Å²) in [6, 6.07) is 0. The van der Waals surface area contributed by atoms with Crippen LogP contribution in [-0.4, -0.2) is 24.4 Å². The van der Waals surface area contributed by atoms with Crippen molar-refractivity contribution in [2.24, 2.45) is 21.9 Å². The first kappa shape index (κ1) is 14.7. The molecule has 2 aliphatic rings. The molecule has 0 aliphatic heterocycles. The molecule has 0 saturated heterocycles. The molecule has 3 nitrogen and oxygen atoms in total. The summed E-state index contributed by atoms with van der Waals surface area (Å²) < 4.78 is 18.0. The lowest BCUT2D eigenvalue weighted by Crippen LogP contribution is -2.48. The van der Waals surface area contributed by atoms with E-state index in [0.717, 1.165) is 12.8 Å². The van der Waals surface area contributed by atoms with Crippen LogP contribution in [0.3, 0.4) is 0 Å². The molecule has 2 rings (SSSR count). The number of rotatable bonds is 4. The molecule has 2 N–H and O–H groups in total. The van der Waals surface area contributed by atoms with Crippen LogP contribution >= 0.6 is 0 Å². The largest absolute Gasteiger partial charge is 0.414 e. The standard InChI is InChI=1S/C13H27NO2SSi/c1-12(2)10-6-7-13(12,9-17(14)15)11(8-10)16-18(3,4)5/h10-11H,6-9,14H2,1-5H3/t10-,11-,13-,17+/m1/s1. The van der Waals surface area contributed by atoms with Gasteiger partial charge in [-0.05, 0) is 50.2 Å². The van der Waals surface area contributed by atoms with E-state index in [9.17, 15) is 4.21 Å². The molecule has 0 unspecified atom stereocenters. The minimum Gasteiger partial charge on any atom is -0.414 e. The van der Waals surface area contributed by atoms with Crippen molar-refractivity contribution in [3.05, 3.63) is 0 Å². The van der Waals surface area contributed by atoms with Gasteiger partial charge in [-0.2, -0.15) is 0 Å². The van der Waals surface area contributed by atoms with Gasteiger partial charge in [-0.3, -0.25) is 5.14 Å². The first-order valence-corrected chi connectivity index (χ1v) is 11.7. The summed E-state index contributed by atoms with van der Waals surface area (Å²) in [5.41, 5.74) is 0.254. The minimum absolute atomic E-state index is 0.0392. The Hall–Kier alpha value is 0.287. The van der Waals surface area contributed by atoms with Gasteiger partial charge in [0.05, 0.1) is 17.1 Å². The molecule has 0 aromatic carbocycles.